The van der Waals surface area contributed by atoms with E-state index in [1.54, 1.807) is 19.1 Å². The van der Waals surface area contributed by atoms with Crippen LogP contribution < -0.4 is 5.73 Å². The van der Waals surface area contributed by atoms with Gasteiger partial charge in [-0.3, -0.25) is 4.79 Å². The van der Waals surface area contributed by atoms with Crippen LogP contribution in [0.25, 0.3) is 5.57 Å². The van der Waals surface area contributed by atoms with Crippen molar-refractivity contribution in [2.45, 2.75) is 46.1 Å². The van der Waals surface area contributed by atoms with E-state index >= 15 is 0 Å². The third-order valence-electron chi connectivity index (χ3n) is 4.11. The Labute approximate surface area is 120 Å². The Balaban J connectivity index is 2.46. The molecule has 0 saturated carbocycles. The lowest BCUT2D eigenvalue weighted by Crippen LogP contribution is -2.17. The second-order valence-corrected chi connectivity index (χ2v) is 6.44. The monoisotopic (exact) mass is 273 g/mol. The van der Waals surface area contributed by atoms with E-state index < -0.39 is 12.0 Å². The van der Waals surface area contributed by atoms with Crippen LogP contribution in [-0.4, -0.2) is 11.0 Å². The van der Waals surface area contributed by atoms with Crippen molar-refractivity contribution in [3.05, 3.63) is 41.0 Å². The van der Waals surface area contributed by atoms with Crippen molar-refractivity contribution in [1.82, 2.24) is 0 Å². The van der Waals surface area contributed by atoms with Crippen molar-refractivity contribution in [2.24, 2.45) is 11.1 Å². The zero-order valence-corrected chi connectivity index (χ0v) is 12.4. The number of hydrogen-bond donors (Lipinski definition) is 2. The predicted molar refractivity (Wildman–Crippen MR) is 81.2 cm³/mol. The number of carbonyl (C=O) groups excluding carboxylic acids is 1. The zero-order chi connectivity index (χ0) is 14.9. The lowest BCUT2D eigenvalue weighted by Gasteiger charge is -2.29. The number of nitrogens with two attached hydrogens (primary N) is 1. The van der Waals surface area contributed by atoms with Gasteiger partial charge in [0, 0.05) is 5.56 Å². The van der Waals surface area contributed by atoms with Gasteiger partial charge in [0.1, 0.15) is 0 Å². The van der Waals surface area contributed by atoms with Crippen LogP contribution in [0.3, 0.4) is 0 Å². The van der Waals surface area contributed by atoms with E-state index in [2.05, 4.69) is 19.9 Å². The molecule has 3 nitrogen and oxygen atoms in total. The molecular formula is C17H23NO2. The van der Waals surface area contributed by atoms with Crippen LogP contribution in [0.15, 0.2) is 24.3 Å². The topological polar surface area (TPSA) is 63.3 Å². The summed E-state index contributed by atoms with van der Waals surface area (Å²) in [7, 11) is 0. The summed E-state index contributed by atoms with van der Waals surface area (Å²) in [6.45, 7) is 6.23. The van der Waals surface area contributed by atoms with Crippen LogP contribution in [0.4, 0.5) is 0 Å². The molecule has 0 aliphatic heterocycles. The Morgan fingerprint density at radius 1 is 1.40 bits per heavy atom. The fourth-order valence-corrected chi connectivity index (χ4v) is 2.62. The van der Waals surface area contributed by atoms with E-state index in [0.717, 1.165) is 30.4 Å². The third kappa shape index (κ3) is 3.10. The molecule has 1 atom stereocenters. The molecule has 0 saturated heterocycles. The molecule has 0 heterocycles. The zero-order valence-electron chi connectivity index (χ0n) is 12.4. The second-order valence-electron chi connectivity index (χ2n) is 6.44. The summed E-state index contributed by atoms with van der Waals surface area (Å²) < 4.78 is 0. The van der Waals surface area contributed by atoms with E-state index in [-0.39, 0.29) is 0 Å². The lowest BCUT2D eigenvalue weighted by atomic mass is 9.76. The van der Waals surface area contributed by atoms with Crippen molar-refractivity contribution < 1.29 is 9.90 Å². The highest BCUT2D eigenvalue weighted by Crippen LogP contribution is 2.39. The van der Waals surface area contributed by atoms with E-state index in [0.29, 0.717) is 11.0 Å². The first-order valence-electron chi connectivity index (χ1n) is 7.11. The van der Waals surface area contributed by atoms with Gasteiger partial charge in [0.15, 0.2) is 0 Å². The summed E-state index contributed by atoms with van der Waals surface area (Å²) >= 11 is 0. The number of hydrogen-bond acceptors (Lipinski definition) is 2. The largest absolute Gasteiger partial charge is 0.389 e. The normalized spacial score (nSPS) is 19.3. The fraction of sp³-hybridized carbons (Fsp3) is 0.471. The highest BCUT2D eigenvalue weighted by molar-refractivity contribution is 5.98. The minimum atomic E-state index is -0.545. The van der Waals surface area contributed by atoms with Gasteiger partial charge in [0.05, 0.1) is 6.10 Å². The van der Waals surface area contributed by atoms with Crippen LogP contribution in [0.5, 0.6) is 0 Å². The first-order chi connectivity index (χ1) is 9.30. The second kappa shape index (κ2) is 5.41. The molecule has 3 heteroatoms. The Morgan fingerprint density at radius 2 is 2.10 bits per heavy atom. The van der Waals surface area contributed by atoms with E-state index in [1.807, 2.05) is 6.07 Å². The Morgan fingerprint density at radius 3 is 2.60 bits per heavy atom. The van der Waals surface area contributed by atoms with E-state index in [1.165, 1.54) is 5.57 Å². The van der Waals surface area contributed by atoms with Gasteiger partial charge in [0.25, 0.3) is 0 Å². The van der Waals surface area contributed by atoms with Crippen molar-refractivity contribution in [3.63, 3.8) is 0 Å². The SMILES string of the molecule is CC(O)c1ccc(C(N)=O)c(C2=CCC(C)(C)CC2)c1. The molecule has 1 aromatic rings. The van der Waals surface area contributed by atoms with Crippen molar-refractivity contribution in [2.75, 3.05) is 0 Å². The van der Waals surface area contributed by atoms with Crippen LogP contribution in [0.1, 0.15) is 67.6 Å². The van der Waals surface area contributed by atoms with Crippen LogP contribution >= 0.6 is 0 Å². The molecule has 1 aromatic carbocycles. The van der Waals surface area contributed by atoms with Crippen LogP contribution in [-0.2, 0) is 0 Å². The average Bonchev–Trinajstić information content (AvgIpc) is 2.37. The van der Waals surface area contributed by atoms with Crippen LogP contribution in [0, 0.1) is 5.41 Å². The average molecular weight is 273 g/mol. The summed E-state index contributed by atoms with van der Waals surface area (Å²) in [4.78, 5) is 11.6. The molecule has 3 N–H and O–H groups in total. The molecule has 0 fully saturated rings. The van der Waals surface area contributed by atoms with Gasteiger partial charge in [-0.25, -0.2) is 0 Å². The van der Waals surface area contributed by atoms with E-state index in [4.69, 9.17) is 5.73 Å². The number of rotatable bonds is 3. The molecule has 1 aliphatic carbocycles. The summed E-state index contributed by atoms with van der Waals surface area (Å²) in [6.07, 6.45) is 4.69. The van der Waals surface area contributed by atoms with Gasteiger partial charge in [-0.15, -0.1) is 0 Å². The number of amides is 1. The molecule has 1 aliphatic rings. The Hall–Kier alpha value is -1.61. The maximum absolute atomic E-state index is 11.6. The fourth-order valence-electron chi connectivity index (χ4n) is 2.62. The number of carbonyl (C=O) groups is 1. The summed E-state index contributed by atoms with van der Waals surface area (Å²) in [5.74, 6) is -0.414. The maximum atomic E-state index is 11.6. The molecule has 0 spiro atoms. The van der Waals surface area contributed by atoms with Crippen LogP contribution in [0.2, 0.25) is 0 Å². The summed E-state index contributed by atoms with van der Waals surface area (Å²) in [6, 6.07) is 5.39. The van der Waals surface area contributed by atoms with Gasteiger partial charge in [0.2, 0.25) is 5.91 Å². The number of aliphatic hydroxyl groups is 1. The Kier molecular flexibility index (Phi) is 4.00. The molecule has 2 rings (SSSR count). The van der Waals surface area contributed by atoms with Gasteiger partial charge in [-0.05, 0) is 60.4 Å². The first-order valence-corrected chi connectivity index (χ1v) is 7.11. The molecule has 0 aromatic heterocycles. The minimum Gasteiger partial charge on any atom is -0.389 e. The molecule has 1 amide bonds. The van der Waals surface area contributed by atoms with Crippen molar-refractivity contribution in [3.8, 4) is 0 Å². The molecular weight excluding hydrogens is 250 g/mol. The highest BCUT2D eigenvalue weighted by Gasteiger charge is 2.24. The predicted octanol–water partition coefficient (Wildman–Crippen LogP) is 3.43. The summed E-state index contributed by atoms with van der Waals surface area (Å²) in [5, 5.41) is 9.72. The molecule has 1 unspecified atom stereocenters. The number of primary amides is 1. The van der Waals surface area contributed by atoms with Gasteiger partial charge in [-0.1, -0.05) is 26.0 Å². The van der Waals surface area contributed by atoms with Gasteiger partial charge >= 0.3 is 0 Å². The first kappa shape index (κ1) is 14.8. The van der Waals surface area contributed by atoms with Crippen molar-refractivity contribution in [1.29, 1.82) is 0 Å². The highest BCUT2D eigenvalue weighted by atomic mass is 16.3. The smallest absolute Gasteiger partial charge is 0.249 e. The molecule has 0 radical (unpaired) electrons. The van der Waals surface area contributed by atoms with Gasteiger partial charge < -0.3 is 10.8 Å². The standard InChI is InChI=1S/C17H23NO2/c1-11(19)13-4-5-14(16(18)20)15(10-13)12-6-8-17(2,3)9-7-12/h4-6,10-11,19H,7-9H2,1-3H3,(H2,18,20). The third-order valence-corrected chi connectivity index (χ3v) is 4.11. The summed E-state index contributed by atoms with van der Waals surface area (Å²) in [5.41, 5.74) is 9.20. The minimum absolute atomic E-state index is 0.318. The molecule has 108 valence electrons. The number of aliphatic hydroxyl groups excluding tert-OH is 1. The Bertz CT molecular complexity index is 556. The quantitative estimate of drug-likeness (QED) is 0.886. The van der Waals surface area contributed by atoms with Crippen molar-refractivity contribution >= 4 is 11.5 Å². The lowest BCUT2D eigenvalue weighted by molar-refractivity contribution is 0.1000. The van der Waals surface area contributed by atoms with Gasteiger partial charge in [-0.2, -0.15) is 0 Å². The number of benzene rings is 1. The number of allylic oxidation sites excluding steroid dienone is 2. The molecule has 20 heavy (non-hydrogen) atoms. The maximum Gasteiger partial charge on any atom is 0.249 e. The van der Waals surface area contributed by atoms with E-state index in [9.17, 15) is 9.90 Å². The molecule has 0 bridgehead atoms.